The first-order valence-electron chi connectivity index (χ1n) is 9.37. The number of aromatic nitrogens is 2. The van der Waals surface area contributed by atoms with Crippen molar-refractivity contribution in [3.05, 3.63) is 59.3 Å². The number of piperidine rings is 1. The van der Waals surface area contributed by atoms with Gasteiger partial charge in [0, 0.05) is 30.4 Å². The van der Waals surface area contributed by atoms with Crippen LogP contribution < -0.4 is 10.2 Å². The quantitative estimate of drug-likeness (QED) is 0.662. The van der Waals surface area contributed by atoms with Crippen molar-refractivity contribution < 1.29 is 4.79 Å². The van der Waals surface area contributed by atoms with Crippen LogP contribution >= 0.6 is 11.3 Å². The lowest BCUT2D eigenvalue weighted by atomic mass is 9.96. The van der Waals surface area contributed by atoms with Gasteiger partial charge in [-0.25, -0.2) is 4.98 Å². The number of anilines is 1. The van der Waals surface area contributed by atoms with Crippen molar-refractivity contribution in [3.63, 3.8) is 0 Å². The van der Waals surface area contributed by atoms with Crippen LogP contribution in [0, 0.1) is 5.92 Å². The van der Waals surface area contributed by atoms with E-state index in [1.165, 1.54) is 4.88 Å². The van der Waals surface area contributed by atoms with Gasteiger partial charge in [0.05, 0.1) is 17.6 Å². The Bertz CT molecular complexity index is 923. The summed E-state index contributed by atoms with van der Waals surface area (Å²) in [6.07, 6.45) is 3.61. The molecule has 0 aliphatic carbocycles. The number of allylic oxidation sites excluding steroid dienone is 1. The van der Waals surface area contributed by atoms with Gasteiger partial charge in [-0.15, -0.1) is 17.9 Å². The average Bonchev–Trinajstić information content (AvgIpc) is 3.35. The number of carbonyl (C=O) groups excluding carboxylic acids is 1. The van der Waals surface area contributed by atoms with Crippen LogP contribution in [0.25, 0.3) is 11.0 Å². The molecule has 4 rings (SSSR count). The number of fused-ring (bicyclic) bond motifs is 1. The molecule has 3 heterocycles. The van der Waals surface area contributed by atoms with Gasteiger partial charge in [0.25, 0.3) is 0 Å². The topological polar surface area (TPSA) is 50.2 Å². The molecule has 0 spiro atoms. The molecule has 6 heteroatoms. The van der Waals surface area contributed by atoms with Crippen LogP contribution in [0.5, 0.6) is 0 Å². The van der Waals surface area contributed by atoms with Gasteiger partial charge in [-0.1, -0.05) is 24.3 Å². The molecule has 27 heavy (non-hydrogen) atoms. The van der Waals surface area contributed by atoms with Crippen molar-refractivity contribution in [1.82, 2.24) is 14.9 Å². The molecular weight excluding hydrogens is 356 g/mol. The zero-order chi connectivity index (χ0) is 18.6. The average molecular weight is 381 g/mol. The molecule has 1 aromatic carbocycles. The molecule has 1 saturated heterocycles. The second-order valence-corrected chi connectivity index (χ2v) is 7.89. The van der Waals surface area contributed by atoms with E-state index >= 15 is 0 Å². The van der Waals surface area contributed by atoms with E-state index < -0.39 is 0 Å². The van der Waals surface area contributed by atoms with E-state index in [9.17, 15) is 4.79 Å². The molecule has 0 saturated carbocycles. The number of benzene rings is 1. The Morgan fingerprint density at radius 2 is 2.07 bits per heavy atom. The lowest BCUT2D eigenvalue weighted by Gasteiger charge is -2.32. The summed E-state index contributed by atoms with van der Waals surface area (Å²) in [7, 11) is 0. The third-order valence-electron chi connectivity index (χ3n) is 5.11. The Kier molecular flexibility index (Phi) is 5.25. The van der Waals surface area contributed by atoms with Gasteiger partial charge in [0.2, 0.25) is 11.9 Å². The Hall–Kier alpha value is -2.60. The number of hydrogen-bond donors (Lipinski definition) is 1. The van der Waals surface area contributed by atoms with E-state index in [-0.39, 0.29) is 11.8 Å². The molecule has 0 atom stereocenters. The molecule has 5 nitrogen and oxygen atoms in total. The molecular formula is C21H24N4OS. The highest BCUT2D eigenvalue weighted by Gasteiger charge is 2.27. The van der Waals surface area contributed by atoms with Crippen LogP contribution in [0.15, 0.2) is 54.4 Å². The summed E-state index contributed by atoms with van der Waals surface area (Å²) in [5.41, 5.74) is 2.13. The SMILES string of the molecule is C=CCn1c(N2CCC(C(=O)NCc3cccs3)CC2)nc2ccccc21. The summed E-state index contributed by atoms with van der Waals surface area (Å²) in [4.78, 5) is 20.8. The number of carbonyl (C=O) groups is 1. The summed E-state index contributed by atoms with van der Waals surface area (Å²) in [6, 6.07) is 12.3. The van der Waals surface area contributed by atoms with Crippen LogP contribution in [-0.4, -0.2) is 28.5 Å². The van der Waals surface area contributed by atoms with Gasteiger partial charge in [0.1, 0.15) is 0 Å². The number of rotatable bonds is 6. The largest absolute Gasteiger partial charge is 0.351 e. The third-order valence-corrected chi connectivity index (χ3v) is 5.99. The van der Waals surface area contributed by atoms with Crippen molar-refractivity contribution >= 4 is 34.2 Å². The van der Waals surface area contributed by atoms with Gasteiger partial charge in [0.15, 0.2) is 0 Å². The van der Waals surface area contributed by atoms with Crippen LogP contribution in [0.3, 0.4) is 0 Å². The molecule has 1 amide bonds. The smallest absolute Gasteiger partial charge is 0.223 e. The Morgan fingerprint density at radius 3 is 2.81 bits per heavy atom. The summed E-state index contributed by atoms with van der Waals surface area (Å²) in [5.74, 6) is 1.23. The number of thiophene rings is 1. The molecule has 1 fully saturated rings. The monoisotopic (exact) mass is 380 g/mol. The molecule has 0 unspecified atom stereocenters. The van der Waals surface area contributed by atoms with Crippen molar-refractivity contribution in [3.8, 4) is 0 Å². The van der Waals surface area contributed by atoms with Crippen molar-refractivity contribution in [2.45, 2.75) is 25.9 Å². The Morgan fingerprint density at radius 1 is 1.26 bits per heavy atom. The first-order valence-corrected chi connectivity index (χ1v) is 10.3. The minimum atomic E-state index is 0.0819. The van der Waals surface area contributed by atoms with E-state index in [0.717, 1.165) is 49.5 Å². The number of amides is 1. The third kappa shape index (κ3) is 3.76. The van der Waals surface area contributed by atoms with Crippen LogP contribution in [0.4, 0.5) is 5.95 Å². The minimum Gasteiger partial charge on any atom is -0.351 e. The molecule has 0 radical (unpaired) electrons. The fourth-order valence-electron chi connectivity index (χ4n) is 3.69. The number of imidazole rings is 1. The summed E-state index contributed by atoms with van der Waals surface area (Å²) < 4.78 is 2.21. The highest BCUT2D eigenvalue weighted by molar-refractivity contribution is 7.09. The van der Waals surface area contributed by atoms with Crippen molar-refractivity contribution in [1.29, 1.82) is 0 Å². The standard InChI is InChI=1S/C21H24N4OS/c1-2-11-25-19-8-4-3-7-18(19)23-21(25)24-12-9-16(10-13-24)20(26)22-15-17-6-5-14-27-17/h2-8,14,16H,1,9-13,15H2,(H,22,26). The highest BCUT2D eigenvalue weighted by atomic mass is 32.1. The maximum atomic E-state index is 12.5. The fraction of sp³-hybridized carbons (Fsp3) is 0.333. The second-order valence-electron chi connectivity index (χ2n) is 6.86. The van der Waals surface area contributed by atoms with Crippen molar-refractivity contribution in [2.75, 3.05) is 18.0 Å². The summed E-state index contributed by atoms with van der Waals surface area (Å²) in [6.45, 7) is 6.94. The fourth-order valence-corrected chi connectivity index (χ4v) is 4.33. The zero-order valence-electron chi connectivity index (χ0n) is 15.3. The van der Waals surface area contributed by atoms with E-state index in [0.29, 0.717) is 6.54 Å². The van der Waals surface area contributed by atoms with Gasteiger partial charge in [-0.3, -0.25) is 4.79 Å². The number of nitrogens with one attached hydrogen (secondary N) is 1. The van der Waals surface area contributed by atoms with E-state index in [2.05, 4.69) is 33.5 Å². The molecule has 2 aromatic heterocycles. The van der Waals surface area contributed by atoms with E-state index in [1.807, 2.05) is 35.7 Å². The lowest BCUT2D eigenvalue weighted by Crippen LogP contribution is -2.41. The van der Waals surface area contributed by atoms with Gasteiger partial charge in [-0.2, -0.15) is 0 Å². The number of nitrogens with zero attached hydrogens (tertiary/aromatic N) is 3. The summed E-state index contributed by atoms with van der Waals surface area (Å²) >= 11 is 1.68. The molecule has 0 bridgehead atoms. The van der Waals surface area contributed by atoms with E-state index in [4.69, 9.17) is 4.98 Å². The predicted octanol–water partition coefficient (Wildman–Crippen LogP) is 3.82. The van der Waals surface area contributed by atoms with Crippen LogP contribution in [0.1, 0.15) is 17.7 Å². The van der Waals surface area contributed by atoms with Crippen LogP contribution in [-0.2, 0) is 17.9 Å². The maximum Gasteiger partial charge on any atom is 0.223 e. The number of hydrogen-bond acceptors (Lipinski definition) is 4. The molecule has 1 aliphatic rings. The normalized spacial score (nSPS) is 15.2. The Labute approximate surface area is 163 Å². The second kappa shape index (κ2) is 7.96. The van der Waals surface area contributed by atoms with Crippen LogP contribution in [0.2, 0.25) is 0 Å². The molecule has 140 valence electrons. The first-order chi connectivity index (χ1) is 13.3. The predicted molar refractivity (Wildman–Crippen MR) is 111 cm³/mol. The van der Waals surface area contributed by atoms with E-state index in [1.54, 1.807) is 11.3 Å². The summed E-state index contributed by atoms with van der Waals surface area (Å²) in [5, 5.41) is 5.12. The van der Waals surface area contributed by atoms with Gasteiger partial charge < -0.3 is 14.8 Å². The maximum absolute atomic E-state index is 12.5. The number of para-hydroxylation sites is 2. The lowest BCUT2D eigenvalue weighted by molar-refractivity contribution is -0.125. The highest BCUT2D eigenvalue weighted by Crippen LogP contribution is 2.27. The minimum absolute atomic E-state index is 0.0819. The van der Waals surface area contributed by atoms with Gasteiger partial charge >= 0.3 is 0 Å². The van der Waals surface area contributed by atoms with Crippen molar-refractivity contribution in [2.24, 2.45) is 5.92 Å². The molecule has 3 aromatic rings. The Balaban J connectivity index is 1.41. The first kappa shape index (κ1) is 17.8. The van der Waals surface area contributed by atoms with Gasteiger partial charge in [-0.05, 0) is 36.4 Å². The zero-order valence-corrected chi connectivity index (χ0v) is 16.1. The molecule has 1 N–H and O–H groups in total. The molecule has 1 aliphatic heterocycles.